The Morgan fingerprint density at radius 1 is 1.25 bits per heavy atom. The first kappa shape index (κ1) is 19.0. The van der Waals surface area contributed by atoms with E-state index in [0.717, 1.165) is 12.1 Å². The van der Waals surface area contributed by atoms with Gasteiger partial charge in [0, 0.05) is 6.61 Å². The number of ether oxygens (including phenoxy) is 2. The van der Waals surface area contributed by atoms with Gasteiger partial charge in [-0.2, -0.15) is 0 Å². The van der Waals surface area contributed by atoms with Gasteiger partial charge in [0.1, 0.15) is 5.75 Å². The van der Waals surface area contributed by atoms with Crippen molar-refractivity contribution in [3.8, 4) is 5.75 Å². The van der Waals surface area contributed by atoms with Crippen LogP contribution in [-0.4, -0.2) is 33.7 Å². The summed E-state index contributed by atoms with van der Waals surface area (Å²) in [6.45, 7) is 4.28. The van der Waals surface area contributed by atoms with Crippen LogP contribution in [0.25, 0.3) is 0 Å². The molecule has 5 nitrogen and oxygen atoms in total. The first-order valence-corrected chi connectivity index (χ1v) is 9.08. The van der Waals surface area contributed by atoms with Gasteiger partial charge in [-0.15, -0.1) is 13.2 Å². The van der Waals surface area contributed by atoms with Crippen molar-refractivity contribution >= 4 is 10.0 Å². The second kappa shape index (κ2) is 6.89. The van der Waals surface area contributed by atoms with Crippen LogP contribution in [0.5, 0.6) is 5.75 Å². The summed E-state index contributed by atoms with van der Waals surface area (Å²) in [5.74, 6) is -0.431. The molecule has 0 amide bonds. The number of rotatable bonds is 6. The minimum absolute atomic E-state index is 0.0360. The van der Waals surface area contributed by atoms with Gasteiger partial charge in [-0.25, -0.2) is 13.1 Å². The number of hydrogen-bond donors (Lipinski definition) is 1. The van der Waals surface area contributed by atoms with E-state index in [-0.39, 0.29) is 17.4 Å². The van der Waals surface area contributed by atoms with E-state index >= 15 is 0 Å². The van der Waals surface area contributed by atoms with E-state index in [1.165, 1.54) is 12.1 Å². The Kier molecular flexibility index (Phi) is 5.46. The molecule has 24 heavy (non-hydrogen) atoms. The van der Waals surface area contributed by atoms with E-state index < -0.39 is 21.9 Å². The van der Waals surface area contributed by atoms with Gasteiger partial charge in [0.2, 0.25) is 10.0 Å². The summed E-state index contributed by atoms with van der Waals surface area (Å²) in [5.41, 5.74) is -0.432. The Bertz CT molecular complexity index is 650. The lowest BCUT2D eigenvalue weighted by atomic mass is 9.96. The fourth-order valence-electron chi connectivity index (χ4n) is 2.59. The minimum atomic E-state index is -4.76. The molecule has 1 aromatic carbocycles. The summed E-state index contributed by atoms with van der Waals surface area (Å²) >= 11 is 0. The van der Waals surface area contributed by atoms with E-state index in [9.17, 15) is 21.6 Å². The van der Waals surface area contributed by atoms with Gasteiger partial charge in [-0.3, -0.25) is 0 Å². The molecule has 1 heterocycles. The van der Waals surface area contributed by atoms with Gasteiger partial charge in [-0.1, -0.05) is 12.1 Å². The van der Waals surface area contributed by atoms with Gasteiger partial charge in [-0.05, 0) is 43.9 Å². The maximum absolute atomic E-state index is 12.3. The van der Waals surface area contributed by atoms with Gasteiger partial charge in [0.15, 0.2) is 0 Å². The maximum atomic E-state index is 12.3. The van der Waals surface area contributed by atoms with Crippen molar-refractivity contribution in [2.75, 3.05) is 19.0 Å². The van der Waals surface area contributed by atoms with Crippen molar-refractivity contribution in [1.29, 1.82) is 0 Å². The number of sulfonamides is 1. The highest BCUT2D eigenvalue weighted by Gasteiger charge is 2.32. The second-order valence-corrected chi connectivity index (χ2v) is 8.08. The summed E-state index contributed by atoms with van der Waals surface area (Å²) in [7, 11) is -3.55. The van der Waals surface area contributed by atoms with Crippen molar-refractivity contribution < 1.29 is 31.1 Å². The van der Waals surface area contributed by atoms with Gasteiger partial charge in [0.25, 0.3) is 0 Å². The van der Waals surface area contributed by atoms with Gasteiger partial charge in [0.05, 0.1) is 17.9 Å². The third-order valence-corrected chi connectivity index (χ3v) is 5.43. The minimum Gasteiger partial charge on any atom is -0.406 e. The van der Waals surface area contributed by atoms with Crippen LogP contribution in [0.1, 0.15) is 25.8 Å². The van der Waals surface area contributed by atoms with Crippen molar-refractivity contribution in [3.05, 3.63) is 29.8 Å². The van der Waals surface area contributed by atoms with Crippen LogP contribution in [-0.2, 0) is 20.3 Å². The summed E-state index contributed by atoms with van der Waals surface area (Å²) in [6.07, 6.45) is -4.06. The average molecular weight is 367 g/mol. The van der Waals surface area contributed by atoms with Gasteiger partial charge >= 0.3 is 6.36 Å². The van der Waals surface area contributed by atoms with E-state index in [1.54, 1.807) is 13.8 Å². The number of benzene rings is 1. The van der Waals surface area contributed by atoms with E-state index in [0.29, 0.717) is 25.2 Å². The zero-order valence-electron chi connectivity index (χ0n) is 13.4. The fourth-order valence-corrected chi connectivity index (χ4v) is 4.45. The Morgan fingerprint density at radius 2 is 1.88 bits per heavy atom. The molecule has 0 spiro atoms. The zero-order chi connectivity index (χ0) is 18.0. The molecule has 2 rings (SSSR count). The quantitative estimate of drug-likeness (QED) is 0.840. The Morgan fingerprint density at radius 3 is 2.38 bits per heavy atom. The molecule has 1 aromatic rings. The molecular formula is C15H20F3NO4S. The molecule has 0 aromatic heterocycles. The summed E-state index contributed by atoms with van der Waals surface area (Å²) in [6, 6.07) is 5.12. The largest absolute Gasteiger partial charge is 0.573 e. The number of halogens is 3. The predicted molar refractivity (Wildman–Crippen MR) is 82.0 cm³/mol. The number of nitrogens with one attached hydrogen (secondary N) is 1. The summed E-state index contributed by atoms with van der Waals surface area (Å²) in [5, 5.41) is 0. The first-order valence-electron chi connectivity index (χ1n) is 7.42. The molecule has 1 aliphatic heterocycles. The number of hydrogen-bond acceptors (Lipinski definition) is 4. The van der Waals surface area contributed by atoms with Crippen LogP contribution in [0.15, 0.2) is 24.3 Å². The molecule has 0 saturated carbocycles. The van der Waals surface area contributed by atoms with Crippen molar-refractivity contribution in [2.24, 2.45) is 5.92 Å². The summed E-state index contributed by atoms with van der Waals surface area (Å²) in [4.78, 5) is 0. The maximum Gasteiger partial charge on any atom is 0.573 e. The Hall–Kier alpha value is -1.32. The molecule has 1 N–H and O–H groups in total. The van der Waals surface area contributed by atoms with Crippen LogP contribution in [0.4, 0.5) is 13.2 Å². The Balaban J connectivity index is 2.05. The summed E-state index contributed by atoms with van der Waals surface area (Å²) < 4.78 is 72.7. The normalized spacial score (nSPS) is 19.5. The monoisotopic (exact) mass is 367 g/mol. The third-order valence-electron chi connectivity index (χ3n) is 3.70. The molecule has 1 unspecified atom stereocenters. The third kappa shape index (κ3) is 5.64. The van der Waals surface area contributed by atoms with Crippen molar-refractivity contribution in [1.82, 2.24) is 4.72 Å². The zero-order valence-corrected chi connectivity index (χ0v) is 14.2. The van der Waals surface area contributed by atoms with Crippen molar-refractivity contribution in [2.45, 2.75) is 32.2 Å². The lowest BCUT2D eigenvalue weighted by molar-refractivity contribution is -0.274. The molecule has 9 heteroatoms. The van der Waals surface area contributed by atoms with Crippen LogP contribution >= 0.6 is 0 Å². The van der Waals surface area contributed by atoms with Crippen LogP contribution in [0, 0.1) is 5.92 Å². The molecule has 1 aliphatic rings. The van der Waals surface area contributed by atoms with E-state index in [4.69, 9.17) is 4.74 Å². The molecule has 0 radical (unpaired) electrons. The van der Waals surface area contributed by atoms with Crippen molar-refractivity contribution in [3.63, 3.8) is 0 Å². The molecule has 1 saturated heterocycles. The fraction of sp³-hybridized carbons (Fsp3) is 0.600. The molecule has 0 bridgehead atoms. The molecule has 0 aliphatic carbocycles. The smallest absolute Gasteiger partial charge is 0.406 e. The lowest BCUT2D eigenvalue weighted by Gasteiger charge is -2.27. The highest BCUT2D eigenvalue weighted by atomic mass is 32.2. The SMILES string of the molecule is CC(C)(NS(=O)(=O)CC1CCOC1)c1ccc(OC(F)(F)F)cc1. The van der Waals surface area contributed by atoms with Gasteiger partial charge < -0.3 is 9.47 Å². The number of alkyl halides is 3. The molecule has 1 atom stereocenters. The predicted octanol–water partition coefficient (Wildman–Crippen LogP) is 2.78. The van der Waals surface area contributed by atoms with E-state index in [2.05, 4.69) is 9.46 Å². The highest BCUT2D eigenvalue weighted by molar-refractivity contribution is 7.89. The lowest BCUT2D eigenvalue weighted by Crippen LogP contribution is -2.43. The molecule has 136 valence electrons. The molecule has 1 fully saturated rings. The first-order chi connectivity index (χ1) is 11.0. The highest BCUT2D eigenvalue weighted by Crippen LogP contribution is 2.27. The second-order valence-electron chi connectivity index (χ2n) is 6.31. The topological polar surface area (TPSA) is 64.6 Å². The molecular weight excluding hydrogens is 347 g/mol. The van der Waals surface area contributed by atoms with Crippen LogP contribution < -0.4 is 9.46 Å². The standard InChI is InChI=1S/C15H20F3NO4S/c1-14(2,19-24(20,21)10-11-7-8-22-9-11)12-3-5-13(6-4-12)23-15(16,17)18/h3-6,11,19H,7-10H2,1-2H3. The van der Waals surface area contributed by atoms with Crippen LogP contribution in [0.3, 0.4) is 0 Å². The van der Waals surface area contributed by atoms with E-state index in [1.807, 2.05) is 0 Å². The Labute approximate surface area is 139 Å². The van der Waals surface area contributed by atoms with Crippen LogP contribution in [0.2, 0.25) is 0 Å². The average Bonchev–Trinajstić information content (AvgIpc) is 2.88.